The maximum absolute atomic E-state index is 14.3. The van der Waals surface area contributed by atoms with Crippen LogP contribution in [0.2, 0.25) is 0 Å². The lowest BCUT2D eigenvalue weighted by atomic mass is 9.99. The molecule has 2 aliphatic rings. The van der Waals surface area contributed by atoms with Crippen molar-refractivity contribution < 1.29 is 18.7 Å². The van der Waals surface area contributed by atoms with Gasteiger partial charge in [0, 0.05) is 31.6 Å². The number of rotatable bonds is 2. The predicted molar refractivity (Wildman–Crippen MR) is 119 cm³/mol. The number of aryl methyl sites for hydroxylation is 2. The van der Waals surface area contributed by atoms with E-state index in [0.29, 0.717) is 48.7 Å². The molecule has 1 fully saturated rings. The molecule has 0 unspecified atom stereocenters. The van der Waals surface area contributed by atoms with E-state index in [9.17, 15) is 14.0 Å². The number of ether oxygens (including phenoxy) is 1. The van der Waals surface area contributed by atoms with Crippen LogP contribution in [0.1, 0.15) is 56.1 Å². The number of nitrogens with one attached hydrogen (secondary N) is 1. The highest BCUT2D eigenvalue weighted by atomic mass is 19.1. The van der Waals surface area contributed by atoms with E-state index in [1.807, 2.05) is 27.7 Å². The van der Waals surface area contributed by atoms with Crippen molar-refractivity contribution in [2.75, 3.05) is 24.5 Å². The first kappa shape index (κ1) is 22.1. The Labute approximate surface area is 187 Å². The maximum Gasteiger partial charge on any atom is 0.410 e. The minimum absolute atomic E-state index is 0.217. The fourth-order valence-electron chi connectivity index (χ4n) is 4.38. The van der Waals surface area contributed by atoms with Gasteiger partial charge in [0.2, 0.25) is 0 Å². The van der Waals surface area contributed by atoms with Crippen LogP contribution < -0.4 is 10.2 Å². The lowest BCUT2D eigenvalue weighted by Crippen LogP contribution is -2.42. The highest BCUT2D eigenvalue weighted by Gasteiger charge is 2.39. The Balaban J connectivity index is 1.84. The molecule has 3 heterocycles. The van der Waals surface area contributed by atoms with Gasteiger partial charge in [0.25, 0.3) is 0 Å². The summed E-state index contributed by atoms with van der Waals surface area (Å²) in [6, 6.07) is 2.91. The molecule has 0 aliphatic carbocycles. The van der Waals surface area contributed by atoms with Gasteiger partial charge < -0.3 is 15.0 Å². The Hall–Kier alpha value is -3.10. The number of benzene rings is 1. The van der Waals surface area contributed by atoms with Gasteiger partial charge in [0.1, 0.15) is 17.2 Å². The topological polar surface area (TPSA) is 79.7 Å². The van der Waals surface area contributed by atoms with E-state index in [1.165, 1.54) is 0 Å². The molecule has 2 aliphatic heterocycles. The molecule has 0 saturated carbocycles. The van der Waals surface area contributed by atoms with Gasteiger partial charge in [-0.25, -0.2) is 18.7 Å². The molecule has 0 bridgehead atoms. The maximum atomic E-state index is 14.3. The third kappa shape index (κ3) is 3.80. The molecule has 1 atom stereocenters. The van der Waals surface area contributed by atoms with Gasteiger partial charge in [-0.05, 0) is 64.8 Å². The van der Waals surface area contributed by atoms with E-state index in [1.54, 1.807) is 40.5 Å². The van der Waals surface area contributed by atoms with Gasteiger partial charge in [-0.15, -0.1) is 0 Å². The second-order valence-corrected chi connectivity index (χ2v) is 9.47. The summed E-state index contributed by atoms with van der Waals surface area (Å²) >= 11 is 0. The Morgan fingerprint density at radius 1 is 1.22 bits per heavy atom. The number of hydrogen-bond donors (Lipinski definition) is 1. The van der Waals surface area contributed by atoms with Crippen molar-refractivity contribution in [2.45, 2.75) is 59.6 Å². The number of hydrogen-bond acceptors (Lipinski definition) is 4. The summed E-state index contributed by atoms with van der Waals surface area (Å²) in [5, 5.41) is 7.66. The van der Waals surface area contributed by atoms with Gasteiger partial charge in [-0.2, -0.15) is 5.10 Å². The van der Waals surface area contributed by atoms with E-state index in [4.69, 9.17) is 9.84 Å². The number of amides is 3. The van der Waals surface area contributed by atoms with E-state index in [2.05, 4.69) is 5.32 Å². The predicted octanol–water partition coefficient (Wildman–Crippen LogP) is 4.01. The largest absolute Gasteiger partial charge is 0.444 e. The third-order valence-electron chi connectivity index (χ3n) is 5.85. The lowest BCUT2D eigenvalue weighted by Gasteiger charge is -2.35. The quantitative estimate of drug-likeness (QED) is 0.761. The van der Waals surface area contributed by atoms with Crippen LogP contribution in [0, 0.1) is 19.7 Å². The summed E-state index contributed by atoms with van der Waals surface area (Å²) in [6.45, 7) is 12.3. The van der Waals surface area contributed by atoms with Gasteiger partial charge >= 0.3 is 12.1 Å². The van der Waals surface area contributed by atoms with Crippen molar-refractivity contribution >= 4 is 17.9 Å². The Bertz CT molecular complexity index is 1070. The number of fused-ring (bicyclic) bond motifs is 1. The third-order valence-corrected chi connectivity index (χ3v) is 5.85. The Morgan fingerprint density at radius 2 is 1.88 bits per heavy atom. The average molecular weight is 444 g/mol. The van der Waals surface area contributed by atoms with Crippen molar-refractivity contribution in [3.8, 4) is 5.69 Å². The molecule has 172 valence electrons. The summed E-state index contributed by atoms with van der Waals surface area (Å²) < 4.78 is 21.6. The van der Waals surface area contributed by atoms with Crippen LogP contribution in [0.5, 0.6) is 0 Å². The van der Waals surface area contributed by atoms with Gasteiger partial charge in [0.15, 0.2) is 0 Å². The summed E-state index contributed by atoms with van der Waals surface area (Å²) in [6.07, 6.45) is 0.141. The van der Waals surface area contributed by atoms with Crippen molar-refractivity contribution in [1.82, 2.24) is 20.0 Å². The zero-order valence-electron chi connectivity index (χ0n) is 19.5. The highest BCUT2D eigenvalue weighted by molar-refractivity contribution is 5.94. The van der Waals surface area contributed by atoms with Crippen molar-refractivity contribution in [1.29, 1.82) is 0 Å². The summed E-state index contributed by atoms with van der Waals surface area (Å²) in [7, 11) is 0. The van der Waals surface area contributed by atoms with E-state index < -0.39 is 11.7 Å². The van der Waals surface area contributed by atoms with Crippen LogP contribution in [0.4, 0.5) is 19.8 Å². The van der Waals surface area contributed by atoms with Crippen LogP contribution in [0.25, 0.3) is 5.69 Å². The Morgan fingerprint density at radius 3 is 2.44 bits per heavy atom. The molecular weight excluding hydrogens is 413 g/mol. The molecule has 3 amide bonds. The SMILES string of the molecule is Cc1cc(-n2nc3c(c2N2CCNC2=O)[C@H](C)N(C(=O)OC(C)(C)C)CC3)cc(C)c1F. The second kappa shape index (κ2) is 7.79. The number of anilines is 1. The fourth-order valence-corrected chi connectivity index (χ4v) is 4.38. The molecule has 32 heavy (non-hydrogen) atoms. The smallest absolute Gasteiger partial charge is 0.410 e. The van der Waals surface area contributed by atoms with Gasteiger partial charge in [-0.3, -0.25) is 4.90 Å². The number of aromatic nitrogens is 2. The van der Waals surface area contributed by atoms with Crippen molar-refractivity contribution in [2.24, 2.45) is 0 Å². The lowest BCUT2D eigenvalue weighted by molar-refractivity contribution is 0.0160. The normalized spacial score (nSPS) is 18.6. The number of nitrogens with zero attached hydrogens (tertiary/aromatic N) is 4. The van der Waals surface area contributed by atoms with E-state index in [-0.39, 0.29) is 17.9 Å². The minimum Gasteiger partial charge on any atom is -0.444 e. The van der Waals surface area contributed by atoms with Gasteiger partial charge in [0.05, 0.1) is 17.4 Å². The summed E-state index contributed by atoms with van der Waals surface area (Å²) in [5.74, 6) is 0.358. The zero-order valence-corrected chi connectivity index (χ0v) is 19.5. The van der Waals surface area contributed by atoms with E-state index in [0.717, 1.165) is 11.3 Å². The fraction of sp³-hybridized carbons (Fsp3) is 0.522. The molecule has 9 heteroatoms. The van der Waals surface area contributed by atoms with Crippen molar-refractivity contribution in [3.05, 3.63) is 40.3 Å². The van der Waals surface area contributed by atoms with Crippen LogP contribution >= 0.6 is 0 Å². The van der Waals surface area contributed by atoms with Crippen LogP contribution in [-0.4, -0.2) is 52.0 Å². The van der Waals surface area contributed by atoms with Crippen LogP contribution in [0.15, 0.2) is 12.1 Å². The molecule has 1 saturated heterocycles. The first-order valence-corrected chi connectivity index (χ1v) is 10.9. The van der Waals surface area contributed by atoms with Crippen molar-refractivity contribution in [3.63, 3.8) is 0 Å². The number of carbonyl (C=O) groups is 2. The van der Waals surface area contributed by atoms with E-state index >= 15 is 0 Å². The standard InChI is InChI=1S/C23H30FN5O3/c1-13-11-16(12-14(2)19(13)24)29-20(28-10-8-25-21(28)30)18-15(3)27(9-7-17(18)26-29)22(31)32-23(4,5)6/h11-12,15H,7-10H2,1-6H3,(H,25,30)/t15-/m0/s1. The zero-order chi connectivity index (χ0) is 23.4. The summed E-state index contributed by atoms with van der Waals surface area (Å²) in [4.78, 5) is 28.9. The molecule has 4 rings (SSSR count). The number of carbonyl (C=O) groups excluding carboxylic acids is 2. The first-order chi connectivity index (χ1) is 15.0. The first-order valence-electron chi connectivity index (χ1n) is 10.9. The Kier molecular flexibility index (Phi) is 5.38. The average Bonchev–Trinajstić information content (AvgIpc) is 3.27. The summed E-state index contributed by atoms with van der Waals surface area (Å²) in [5.41, 5.74) is 2.73. The molecular formula is C23H30FN5O3. The van der Waals surface area contributed by atoms with Gasteiger partial charge in [-0.1, -0.05) is 0 Å². The number of urea groups is 1. The number of halogens is 1. The monoisotopic (exact) mass is 443 g/mol. The molecule has 0 radical (unpaired) electrons. The second-order valence-electron chi connectivity index (χ2n) is 9.47. The van der Waals surface area contributed by atoms with Crippen LogP contribution in [-0.2, 0) is 11.2 Å². The molecule has 1 N–H and O–H groups in total. The molecule has 8 nitrogen and oxygen atoms in total. The molecule has 0 spiro atoms. The minimum atomic E-state index is -0.609. The molecule has 2 aromatic rings. The molecule has 1 aromatic carbocycles. The highest BCUT2D eigenvalue weighted by Crippen LogP contribution is 2.39. The molecule has 1 aromatic heterocycles. The van der Waals surface area contributed by atoms with Crippen LogP contribution in [0.3, 0.4) is 0 Å².